The van der Waals surface area contributed by atoms with E-state index < -0.39 is 12.5 Å². The molecule has 1 aliphatic carbocycles. The lowest BCUT2D eigenvalue weighted by atomic mass is 9.95. The second kappa shape index (κ2) is 7.70. The van der Waals surface area contributed by atoms with E-state index in [1.165, 1.54) is 6.07 Å². The Hall–Kier alpha value is -1.21. The maximum atomic E-state index is 12.3. The molecular formula is C14H19F2NO3S. The van der Waals surface area contributed by atoms with Crippen LogP contribution in [0.3, 0.4) is 0 Å². The summed E-state index contributed by atoms with van der Waals surface area (Å²) in [7, 11) is 0. The highest BCUT2D eigenvalue weighted by Gasteiger charge is 2.26. The number of rotatable bonds is 5. The van der Waals surface area contributed by atoms with Crippen LogP contribution < -0.4 is 10.1 Å². The van der Waals surface area contributed by atoms with Crippen molar-refractivity contribution in [2.75, 3.05) is 6.61 Å². The van der Waals surface area contributed by atoms with Crippen LogP contribution in [0.2, 0.25) is 0 Å². The fraction of sp³-hybridized carbons (Fsp3) is 0.643. The minimum Gasteiger partial charge on any atom is -0.433 e. The molecule has 2 unspecified atom stereocenters. The number of alkyl halides is 2. The van der Waals surface area contributed by atoms with Gasteiger partial charge in [-0.1, -0.05) is 19.3 Å². The average Bonchev–Trinajstić information content (AvgIpc) is 2.77. The molecule has 0 saturated heterocycles. The Morgan fingerprint density at radius 3 is 2.90 bits per heavy atom. The molecule has 1 saturated carbocycles. The summed E-state index contributed by atoms with van der Waals surface area (Å²) >= 11 is 1.07. The Bertz CT molecular complexity index is 467. The van der Waals surface area contributed by atoms with E-state index in [1.807, 2.05) is 0 Å². The minimum atomic E-state index is -2.95. The highest BCUT2D eigenvalue weighted by molar-refractivity contribution is 7.12. The lowest BCUT2D eigenvalue weighted by Gasteiger charge is -2.24. The zero-order valence-corrected chi connectivity index (χ0v) is 12.4. The molecule has 2 rings (SSSR count). The van der Waals surface area contributed by atoms with Crippen molar-refractivity contribution in [3.05, 3.63) is 16.3 Å². The van der Waals surface area contributed by atoms with Gasteiger partial charge < -0.3 is 15.2 Å². The molecule has 0 radical (unpaired) electrons. The summed E-state index contributed by atoms with van der Waals surface area (Å²) in [6, 6.07) is 1.24. The van der Waals surface area contributed by atoms with Crippen LogP contribution in [0.4, 0.5) is 8.78 Å². The van der Waals surface area contributed by atoms with E-state index in [-0.39, 0.29) is 29.2 Å². The lowest BCUT2D eigenvalue weighted by Crippen LogP contribution is -2.41. The van der Waals surface area contributed by atoms with E-state index in [4.69, 9.17) is 0 Å². The van der Waals surface area contributed by atoms with Gasteiger partial charge in [0, 0.05) is 18.6 Å². The first-order valence-electron chi connectivity index (χ1n) is 7.06. The predicted molar refractivity (Wildman–Crippen MR) is 75.9 cm³/mol. The first-order valence-corrected chi connectivity index (χ1v) is 7.93. The van der Waals surface area contributed by atoms with Gasteiger partial charge in [0.15, 0.2) is 0 Å². The number of hydrogen-bond acceptors (Lipinski definition) is 4. The van der Waals surface area contributed by atoms with Crippen LogP contribution in [0.1, 0.15) is 41.8 Å². The Balaban J connectivity index is 2.04. The molecule has 0 aromatic carbocycles. The number of hydrogen-bond donors (Lipinski definition) is 2. The summed E-state index contributed by atoms with van der Waals surface area (Å²) in [6.45, 7) is -2.93. The lowest BCUT2D eigenvalue weighted by molar-refractivity contribution is -0.0498. The molecule has 1 aromatic rings. The van der Waals surface area contributed by atoms with Gasteiger partial charge >= 0.3 is 6.61 Å². The van der Waals surface area contributed by atoms with Crippen molar-refractivity contribution in [1.29, 1.82) is 0 Å². The molecule has 1 fully saturated rings. The molecule has 1 heterocycles. The predicted octanol–water partition coefficient (Wildman–Crippen LogP) is 3.02. The molecule has 118 valence electrons. The zero-order chi connectivity index (χ0) is 15.2. The number of carbonyl (C=O) groups excluding carboxylic acids is 1. The first kappa shape index (κ1) is 16.2. The third-order valence-electron chi connectivity index (χ3n) is 3.76. The highest BCUT2D eigenvalue weighted by Crippen LogP contribution is 2.28. The third-order valence-corrected chi connectivity index (χ3v) is 4.66. The second-order valence-electron chi connectivity index (χ2n) is 5.15. The van der Waals surface area contributed by atoms with Crippen molar-refractivity contribution >= 4 is 17.2 Å². The molecule has 2 atom stereocenters. The Morgan fingerprint density at radius 2 is 2.19 bits per heavy atom. The number of aliphatic hydroxyl groups excluding tert-OH is 1. The summed E-state index contributed by atoms with van der Waals surface area (Å²) in [5, 5.41) is 13.8. The maximum Gasteiger partial charge on any atom is 0.387 e. The third kappa shape index (κ3) is 4.38. The van der Waals surface area contributed by atoms with Crippen LogP contribution >= 0.6 is 11.3 Å². The number of thiophene rings is 1. The van der Waals surface area contributed by atoms with E-state index in [9.17, 15) is 18.7 Å². The van der Waals surface area contributed by atoms with Crippen LogP contribution in [-0.2, 0) is 0 Å². The van der Waals surface area contributed by atoms with Crippen LogP contribution in [-0.4, -0.2) is 30.3 Å². The standard InChI is InChI=1S/C14H19F2NO3S/c15-14(16)20-11-6-7-21-12(11)13(19)17-10-5-3-1-2-4-9(10)8-18/h6-7,9-10,14,18H,1-5,8H2,(H,17,19). The van der Waals surface area contributed by atoms with Crippen LogP contribution in [0.25, 0.3) is 0 Å². The van der Waals surface area contributed by atoms with Gasteiger partial charge in [0.05, 0.1) is 0 Å². The normalized spacial score (nSPS) is 22.9. The van der Waals surface area contributed by atoms with Crippen LogP contribution in [0, 0.1) is 5.92 Å². The average molecular weight is 319 g/mol. The van der Waals surface area contributed by atoms with E-state index in [1.54, 1.807) is 5.38 Å². The van der Waals surface area contributed by atoms with Gasteiger partial charge in [-0.2, -0.15) is 8.78 Å². The fourth-order valence-corrected chi connectivity index (χ4v) is 3.40. The van der Waals surface area contributed by atoms with Gasteiger partial charge in [-0.05, 0) is 24.3 Å². The van der Waals surface area contributed by atoms with Crippen LogP contribution in [0.15, 0.2) is 11.4 Å². The number of halogens is 2. The Kier molecular flexibility index (Phi) is 5.93. The van der Waals surface area contributed by atoms with Gasteiger partial charge in [0.2, 0.25) is 0 Å². The van der Waals surface area contributed by atoms with E-state index in [0.717, 1.165) is 43.4 Å². The molecule has 7 heteroatoms. The number of aliphatic hydroxyl groups is 1. The minimum absolute atomic E-state index is 0.0236. The zero-order valence-electron chi connectivity index (χ0n) is 11.6. The quantitative estimate of drug-likeness (QED) is 0.820. The molecule has 21 heavy (non-hydrogen) atoms. The van der Waals surface area contributed by atoms with Crippen molar-refractivity contribution in [3.63, 3.8) is 0 Å². The summed E-state index contributed by atoms with van der Waals surface area (Å²) in [4.78, 5) is 12.4. The molecule has 2 N–H and O–H groups in total. The monoisotopic (exact) mass is 319 g/mol. The van der Waals surface area contributed by atoms with Crippen molar-refractivity contribution < 1.29 is 23.4 Å². The second-order valence-corrected chi connectivity index (χ2v) is 6.07. The number of carbonyl (C=O) groups is 1. The largest absolute Gasteiger partial charge is 0.433 e. The van der Waals surface area contributed by atoms with Gasteiger partial charge in [-0.25, -0.2) is 0 Å². The van der Waals surface area contributed by atoms with E-state index in [0.29, 0.717) is 0 Å². The van der Waals surface area contributed by atoms with Crippen molar-refractivity contribution in [1.82, 2.24) is 5.32 Å². The van der Waals surface area contributed by atoms with Gasteiger partial charge in [0.1, 0.15) is 10.6 Å². The molecule has 0 spiro atoms. The molecule has 1 aliphatic rings. The molecule has 0 bridgehead atoms. The van der Waals surface area contributed by atoms with Crippen molar-refractivity contribution in [2.45, 2.75) is 44.8 Å². The smallest absolute Gasteiger partial charge is 0.387 e. The molecule has 1 amide bonds. The van der Waals surface area contributed by atoms with Crippen molar-refractivity contribution in [3.8, 4) is 5.75 Å². The Labute approximate surface area is 126 Å². The van der Waals surface area contributed by atoms with Gasteiger partial charge in [0.25, 0.3) is 5.91 Å². The van der Waals surface area contributed by atoms with Crippen LogP contribution in [0.5, 0.6) is 5.75 Å². The first-order chi connectivity index (χ1) is 10.1. The van der Waals surface area contributed by atoms with E-state index >= 15 is 0 Å². The highest BCUT2D eigenvalue weighted by atomic mass is 32.1. The maximum absolute atomic E-state index is 12.3. The number of ether oxygens (including phenoxy) is 1. The fourth-order valence-electron chi connectivity index (χ4n) is 2.68. The number of amides is 1. The number of nitrogens with one attached hydrogen (secondary N) is 1. The molecule has 1 aromatic heterocycles. The Morgan fingerprint density at radius 1 is 1.43 bits per heavy atom. The molecule has 0 aliphatic heterocycles. The van der Waals surface area contributed by atoms with E-state index in [2.05, 4.69) is 10.1 Å². The van der Waals surface area contributed by atoms with Crippen molar-refractivity contribution in [2.24, 2.45) is 5.92 Å². The molecular weight excluding hydrogens is 300 g/mol. The van der Waals surface area contributed by atoms with Gasteiger partial charge in [-0.3, -0.25) is 4.79 Å². The SMILES string of the molecule is O=C(NC1CCCCCC1CO)c1sccc1OC(F)F. The summed E-state index contributed by atoms with van der Waals surface area (Å²) < 4.78 is 28.9. The summed E-state index contributed by atoms with van der Waals surface area (Å²) in [5.74, 6) is -0.483. The van der Waals surface area contributed by atoms with Gasteiger partial charge in [-0.15, -0.1) is 11.3 Å². The summed E-state index contributed by atoms with van der Waals surface area (Å²) in [5.41, 5.74) is 0. The molecule has 4 nitrogen and oxygen atoms in total. The summed E-state index contributed by atoms with van der Waals surface area (Å²) in [6.07, 6.45) is 4.78. The topological polar surface area (TPSA) is 58.6 Å².